The number of fused-ring (bicyclic) bond motifs is 2. The van der Waals surface area contributed by atoms with Crippen molar-refractivity contribution < 1.29 is 19.6 Å². The number of carbonyl (C=O) groups is 1. The number of ether oxygens (including phenoxy) is 1. The lowest BCUT2D eigenvalue weighted by molar-refractivity contribution is -0.386. The van der Waals surface area contributed by atoms with Crippen molar-refractivity contribution >= 4 is 23.0 Å². The van der Waals surface area contributed by atoms with Gasteiger partial charge in [-0.05, 0) is 73.6 Å². The highest BCUT2D eigenvalue weighted by molar-refractivity contribution is 5.77. The number of nitrogens with zero attached hydrogens (tertiary/aromatic N) is 1. The Hall–Kier alpha value is -3.09. The van der Waals surface area contributed by atoms with Crippen LogP contribution in [-0.4, -0.2) is 23.1 Å². The van der Waals surface area contributed by atoms with Crippen LogP contribution in [-0.2, 0) is 17.6 Å². The number of aliphatic carboxylic acids is 1. The highest BCUT2D eigenvalue weighted by Gasteiger charge is 2.55. The summed E-state index contributed by atoms with van der Waals surface area (Å²) in [6.45, 7) is 7.90. The summed E-state index contributed by atoms with van der Waals surface area (Å²) in [5.74, 6) is -0.388. The molecule has 7 nitrogen and oxygen atoms in total. The first-order valence-corrected chi connectivity index (χ1v) is 12.0. The van der Waals surface area contributed by atoms with Gasteiger partial charge >= 0.3 is 5.97 Å². The molecule has 1 fully saturated rings. The molecule has 4 rings (SSSR count). The standard InChI is InChI=1S/C27H34N2O5/c1-16(2)23-20(28-19-9-6-7-10-21(19)34-5)13-17-15-26(3)11-8-12-27(4,25(30)31)22(26)14-18(17)24(23)29(32)33/h6-7,9-10,13,16,22,28H,8,11-12,14-15H2,1-5H3,(H,30,31)/t22-,26-,27-/m1/s1. The van der Waals surface area contributed by atoms with E-state index in [1.165, 1.54) is 0 Å². The number of para-hydroxylation sites is 2. The largest absolute Gasteiger partial charge is 0.495 e. The van der Waals surface area contributed by atoms with Crippen LogP contribution in [0.3, 0.4) is 0 Å². The molecular weight excluding hydrogens is 432 g/mol. The minimum absolute atomic E-state index is 0.103. The summed E-state index contributed by atoms with van der Waals surface area (Å²) in [7, 11) is 1.60. The van der Waals surface area contributed by atoms with Crippen LogP contribution < -0.4 is 10.1 Å². The van der Waals surface area contributed by atoms with E-state index in [-0.39, 0.29) is 27.9 Å². The number of hydrogen-bond donors (Lipinski definition) is 2. The maximum atomic E-state index is 12.5. The highest BCUT2D eigenvalue weighted by atomic mass is 16.6. The van der Waals surface area contributed by atoms with Crippen LogP contribution in [0.4, 0.5) is 17.1 Å². The van der Waals surface area contributed by atoms with E-state index in [0.717, 1.165) is 24.1 Å². The quantitative estimate of drug-likeness (QED) is 0.374. The second-order valence-corrected chi connectivity index (χ2v) is 10.7. The van der Waals surface area contributed by atoms with Gasteiger partial charge in [-0.1, -0.05) is 39.3 Å². The molecule has 0 spiro atoms. The first-order valence-electron chi connectivity index (χ1n) is 12.0. The van der Waals surface area contributed by atoms with Crippen molar-refractivity contribution in [3.05, 3.63) is 57.1 Å². The van der Waals surface area contributed by atoms with Crippen molar-refractivity contribution in [2.45, 2.75) is 65.7 Å². The van der Waals surface area contributed by atoms with Crippen LogP contribution in [0.15, 0.2) is 30.3 Å². The summed E-state index contributed by atoms with van der Waals surface area (Å²) >= 11 is 0. The monoisotopic (exact) mass is 466 g/mol. The fourth-order valence-electron chi connectivity index (χ4n) is 6.51. The Labute approximate surface area is 200 Å². The lowest BCUT2D eigenvalue weighted by atomic mass is 9.50. The van der Waals surface area contributed by atoms with Crippen LogP contribution in [0, 0.1) is 26.9 Å². The van der Waals surface area contributed by atoms with Crippen molar-refractivity contribution in [3.8, 4) is 5.75 Å². The molecule has 2 aliphatic rings. The number of hydrogen-bond acceptors (Lipinski definition) is 5. The SMILES string of the molecule is COc1ccccc1Nc1cc2c(c([N+](=O)[O-])c1C(C)C)C[C@@H]1[C@](C)(CCC[C@@]1(C)C(=O)O)C2. The first kappa shape index (κ1) is 24.0. The van der Waals surface area contributed by atoms with Gasteiger partial charge in [0.25, 0.3) is 5.69 Å². The van der Waals surface area contributed by atoms with Gasteiger partial charge in [-0.3, -0.25) is 14.9 Å². The zero-order valence-corrected chi connectivity index (χ0v) is 20.6. The summed E-state index contributed by atoms with van der Waals surface area (Å²) in [5, 5.41) is 26.0. The Morgan fingerprint density at radius 1 is 1.24 bits per heavy atom. The Balaban J connectivity index is 1.91. The van der Waals surface area contributed by atoms with Crippen molar-refractivity contribution in [1.82, 2.24) is 0 Å². The molecule has 0 radical (unpaired) electrons. The number of anilines is 2. The predicted molar refractivity (Wildman–Crippen MR) is 132 cm³/mol. The molecule has 0 unspecified atom stereocenters. The van der Waals surface area contributed by atoms with E-state index in [4.69, 9.17) is 4.74 Å². The average Bonchev–Trinajstić information content (AvgIpc) is 2.77. The second kappa shape index (κ2) is 8.60. The fraction of sp³-hybridized carbons (Fsp3) is 0.519. The molecule has 0 aliphatic heterocycles. The van der Waals surface area contributed by atoms with Gasteiger partial charge < -0.3 is 15.2 Å². The molecule has 182 valence electrons. The molecule has 2 aliphatic carbocycles. The third kappa shape index (κ3) is 3.81. The van der Waals surface area contributed by atoms with Gasteiger partial charge in [0.15, 0.2) is 0 Å². The molecule has 0 saturated heterocycles. The Morgan fingerprint density at radius 3 is 2.56 bits per heavy atom. The van der Waals surface area contributed by atoms with Gasteiger partial charge in [-0.2, -0.15) is 0 Å². The smallest absolute Gasteiger partial charge is 0.309 e. The first-order chi connectivity index (χ1) is 16.0. The summed E-state index contributed by atoms with van der Waals surface area (Å²) in [4.78, 5) is 24.6. The van der Waals surface area contributed by atoms with Crippen LogP contribution in [0.2, 0.25) is 0 Å². The maximum absolute atomic E-state index is 12.5. The van der Waals surface area contributed by atoms with E-state index in [2.05, 4.69) is 18.3 Å². The number of carboxylic acids is 1. The van der Waals surface area contributed by atoms with Crippen LogP contribution in [0.25, 0.3) is 0 Å². The maximum Gasteiger partial charge on any atom is 0.309 e. The molecule has 2 aromatic carbocycles. The molecule has 0 bridgehead atoms. The molecule has 0 amide bonds. The van der Waals surface area contributed by atoms with Gasteiger partial charge in [-0.25, -0.2) is 0 Å². The highest BCUT2D eigenvalue weighted by Crippen LogP contribution is 2.58. The third-order valence-electron chi connectivity index (χ3n) is 8.22. The number of carboxylic acid groups (broad SMARTS) is 1. The summed E-state index contributed by atoms with van der Waals surface area (Å²) in [6, 6.07) is 9.58. The van der Waals surface area contributed by atoms with E-state index >= 15 is 0 Å². The van der Waals surface area contributed by atoms with Gasteiger partial charge in [0, 0.05) is 11.3 Å². The zero-order chi connectivity index (χ0) is 24.8. The van der Waals surface area contributed by atoms with Gasteiger partial charge in [0.1, 0.15) is 5.75 Å². The topological polar surface area (TPSA) is 102 Å². The summed E-state index contributed by atoms with van der Waals surface area (Å²) in [5.41, 5.74) is 2.79. The van der Waals surface area contributed by atoms with E-state index in [1.54, 1.807) is 7.11 Å². The van der Waals surface area contributed by atoms with Crippen molar-refractivity contribution in [2.75, 3.05) is 12.4 Å². The minimum atomic E-state index is -0.884. The Morgan fingerprint density at radius 2 is 1.94 bits per heavy atom. The molecule has 3 atom stereocenters. The van der Waals surface area contributed by atoms with E-state index in [0.29, 0.717) is 41.8 Å². The normalized spacial score (nSPS) is 25.9. The Kier molecular flexibility index (Phi) is 6.08. The molecule has 2 aromatic rings. The van der Waals surface area contributed by atoms with Crippen molar-refractivity contribution in [3.63, 3.8) is 0 Å². The number of rotatable bonds is 6. The lowest BCUT2D eigenvalue weighted by Crippen LogP contribution is -2.51. The molecular formula is C27H34N2O5. The number of methoxy groups -OCH3 is 1. The molecule has 2 N–H and O–H groups in total. The van der Waals surface area contributed by atoms with E-state index < -0.39 is 11.4 Å². The lowest BCUT2D eigenvalue weighted by Gasteiger charge is -2.53. The number of nitro groups is 1. The number of nitrogens with one attached hydrogen (secondary N) is 1. The van der Waals surface area contributed by atoms with E-state index in [1.807, 2.05) is 45.0 Å². The zero-order valence-electron chi connectivity index (χ0n) is 20.6. The van der Waals surface area contributed by atoms with Gasteiger partial charge in [-0.15, -0.1) is 0 Å². The predicted octanol–water partition coefficient (Wildman–Crippen LogP) is 6.47. The summed E-state index contributed by atoms with van der Waals surface area (Å²) < 4.78 is 5.49. The molecule has 1 saturated carbocycles. The second-order valence-electron chi connectivity index (χ2n) is 10.7. The van der Waals surface area contributed by atoms with E-state index in [9.17, 15) is 20.0 Å². The fourth-order valence-corrected chi connectivity index (χ4v) is 6.51. The third-order valence-corrected chi connectivity index (χ3v) is 8.22. The summed E-state index contributed by atoms with van der Waals surface area (Å²) in [6.07, 6.45) is 3.43. The van der Waals surface area contributed by atoms with Crippen LogP contribution in [0.5, 0.6) is 5.75 Å². The van der Waals surface area contributed by atoms with Crippen LogP contribution in [0.1, 0.15) is 69.6 Å². The molecule has 0 aromatic heterocycles. The Bertz CT molecular complexity index is 1140. The van der Waals surface area contributed by atoms with Crippen molar-refractivity contribution in [2.24, 2.45) is 16.7 Å². The average molecular weight is 467 g/mol. The molecule has 34 heavy (non-hydrogen) atoms. The van der Waals surface area contributed by atoms with Crippen LogP contribution >= 0.6 is 0 Å². The van der Waals surface area contributed by atoms with Gasteiger partial charge in [0.2, 0.25) is 0 Å². The number of benzene rings is 2. The van der Waals surface area contributed by atoms with Crippen molar-refractivity contribution in [1.29, 1.82) is 0 Å². The number of nitro benzene ring substituents is 1. The minimum Gasteiger partial charge on any atom is -0.495 e. The molecule has 7 heteroatoms. The molecule has 0 heterocycles. The van der Waals surface area contributed by atoms with Gasteiger partial charge in [0.05, 0.1) is 28.7 Å².